The normalized spacial score (nSPS) is 29.1. The van der Waals surface area contributed by atoms with Gasteiger partial charge >= 0.3 is 17.9 Å². The smallest absolute Gasteiger partial charge is 0.303 e. The lowest BCUT2D eigenvalue weighted by Crippen LogP contribution is -2.63. The molecule has 0 aliphatic carbocycles. The summed E-state index contributed by atoms with van der Waals surface area (Å²) in [5.74, 6) is -1.51. The second-order valence-corrected chi connectivity index (χ2v) is 6.65. The molecule has 1 aromatic carbocycles. The minimum atomic E-state index is -0.898. The van der Waals surface area contributed by atoms with Crippen LogP contribution >= 0.6 is 0 Å². The van der Waals surface area contributed by atoms with Crippen molar-refractivity contribution < 1.29 is 33.3 Å². The molecule has 146 valence electrons. The number of hydrogen-bond acceptors (Lipinski definition) is 8. The Morgan fingerprint density at radius 3 is 2.37 bits per heavy atom. The molecule has 27 heavy (non-hydrogen) atoms. The van der Waals surface area contributed by atoms with Gasteiger partial charge in [-0.1, -0.05) is 24.3 Å². The van der Waals surface area contributed by atoms with Crippen LogP contribution in [0.15, 0.2) is 24.3 Å². The summed E-state index contributed by atoms with van der Waals surface area (Å²) in [6.45, 7) is 4.31. The van der Waals surface area contributed by atoms with Gasteiger partial charge in [-0.25, -0.2) is 0 Å². The predicted octanol–water partition coefficient (Wildman–Crippen LogP) is 1.02. The van der Waals surface area contributed by atoms with Gasteiger partial charge in [-0.15, -0.1) is 0 Å². The fourth-order valence-electron chi connectivity index (χ4n) is 3.63. The van der Waals surface area contributed by atoms with E-state index in [-0.39, 0.29) is 6.61 Å². The second kappa shape index (κ2) is 8.06. The zero-order valence-electron chi connectivity index (χ0n) is 15.5. The van der Waals surface area contributed by atoms with Crippen molar-refractivity contribution in [2.24, 2.45) is 0 Å². The van der Waals surface area contributed by atoms with E-state index in [0.717, 1.165) is 11.1 Å². The lowest BCUT2D eigenvalue weighted by atomic mass is 9.84. The van der Waals surface area contributed by atoms with Crippen LogP contribution in [0.2, 0.25) is 0 Å². The van der Waals surface area contributed by atoms with Crippen LogP contribution in [0.1, 0.15) is 38.0 Å². The van der Waals surface area contributed by atoms with Crippen LogP contribution in [0.3, 0.4) is 0 Å². The van der Waals surface area contributed by atoms with E-state index in [1.54, 1.807) is 0 Å². The van der Waals surface area contributed by atoms with Crippen LogP contribution in [0.25, 0.3) is 0 Å². The molecule has 5 atom stereocenters. The number of esters is 3. The molecule has 0 amide bonds. The fraction of sp³-hybridized carbons (Fsp3) is 0.526. The predicted molar refractivity (Wildman–Crippen MR) is 92.4 cm³/mol. The van der Waals surface area contributed by atoms with Crippen LogP contribution < -0.4 is 5.32 Å². The van der Waals surface area contributed by atoms with Gasteiger partial charge in [0, 0.05) is 27.3 Å². The third kappa shape index (κ3) is 4.28. The molecule has 2 aliphatic rings. The molecule has 8 nitrogen and oxygen atoms in total. The van der Waals surface area contributed by atoms with E-state index in [1.165, 1.54) is 20.8 Å². The number of fused-ring (bicyclic) bond motifs is 3. The summed E-state index contributed by atoms with van der Waals surface area (Å²) >= 11 is 0. The third-order valence-corrected chi connectivity index (χ3v) is 4.64. The third-order valence-electron chi connectivity index (χ3n) is 4.64. The molecule has 0 saturated carbocycles. The average molecular weight is 377 g/mol. The van der Waals surface area contributed by atoms with Crippen LogP contribution in [-0.4, -0.2) is 48.9 Å². The Hall–Kier alpha value is -2.45. The summed E-state index contributed by atoms with van der Waals surface area (Å²) < 4.78 is 22.2. The monoisotopic (exact) mass is 377 g/mol. The van der Waals surface area contributed by atoms with E-state index in [9.17, 15) is 14.4 Å². The van der Waals surface area contributed by atoms with E-state index < -0.39 is 48.4 Å². The number of nitrogens with one attached hydrogen (secondary N) is 1. The van der Waals surface area contributed by atoms with Crippen molar-refractivity contribution in [2.45, 2.75) is 57.8 Å². The van der Waals surface area contributed by atoms with Crippen molar-refractivity contribution in [1.29, 1.82) is 0 Å². The Kier molecular flexibility index (Phi) is 5.76. The van der Waals surface area contributed by atoms with E-state index >= 15 is 0 Å². The van der Waals surface area contributed by atoms with Crippen LogP contribution in [0.4, 0.5) is 0 Å². The second-order valence-electron chi connectivity index (χ2n) is 6.65. The van der Waals surface area contributed by atoms with Gasteiger partial charge in [-0.05, 0) is 11.1 Å². The van der Waals surface area contributed by atoms with E-state index in [4.69, 9.17) is 18.9 Å². The lowest BCUT2D eigenvalue weighted by molar-refractivity contribution is -0.227. The summed E-state index contributed by atoms with van der Waals surface area (Å²) in [6, 6.07) is 7.38. The molecule has 3 rings (SSSR count). The van der Waals surface area contributed by atoms with Crippen molar-refractivity contribution in [2.75, 3.05) is 6.61 Å². The van der Waals surface area contributed by atoms with Gasteiger partial charge < -0.3 is 24.3 Å². The summed E-state index contributed by atoms with van der Waals surface area (Å²) in [5, 5.41) is 3.32. The Labute approximate surface area is 157 Å². The maximum atomic E-state index is 11.7. The Bertz CT molecular complexity index is 735. The van der Waals surface area contributed by atoms with E-state index in [2.05, 4.69) is 5.32 Å². The molecule has 0 spiro atoms. The number of carbonyl (C=O) groups excluding carboxylic acids is 3. The van der Waals surface area contributed by atoms with Crippen molar-refractivity contribution in [3.05, 3.63) is 35.4 Å². The zero-order chi connectivity index (χ0) is 19.6. The molecule has 0 unspecified atom stereocenters. The van der Waals surface area contributed by atoms with Crippen molar-refractivity contribution in [3.63, 3.8) is 0 Å². The largest absolute Gasteiger partial charge is 0.463 e. The number of benzene rings is 1. The topological polar surface area (TPSA) is 100 Å². The maximum Gasteiger partial charge on any atom is 0.303 e. The van der Waals surface area contributed by atoms with Crippen molar-refractivity contribution in [3.8, 4) is 0 Å². The number of rotatable bonds is 4. The number of ether oxygens (including phenoxy) is 4. The Morgan fingerprint density at radius 1 is 1.04 bits per heavy atom. The minimum absolute atomic E-state index is 0.115. The Balaban J connectivity index is 1.96. The molecule has 0 aromatic heterocycles. The average Bonchev–Trinajstić information content (AvgIpc) is 2.61. The van der Waals surface area contributed by atoms with Gasteiger partial charge in [0.15, 0.2) is 12.2 Å². The van der Waals surface area contributed by atoms with Crippen molar-refractivity contribution >= 4 is 17.9 Å². The zero-order valence-corrected chi connectivity index (χ0v) is 15.5. The van der Waals surface area contributed by atoms with Gasteiger partial charge in [0.1, 0.15) is 18.8 Å². The highest BCUT2D eigenvalue weighted by Gasteiger charge is 2.51. The first-order valence-electron chi connectivity index (χ1n) is 8.81. The quantitative estimate of drug-likeness (QED) is 0.613. The molecule has 1 N–H and O–H groups in total. The fourth-order valence-corrected chi connectivity index (χ4v) is 3.63. The van der Waals surface area contributed by atoms with Gasteiger partial charge in [-0.3, -0.25) is 14.4 Å². The van der Waals surface area contributed by atoms with Crippen molar-refractivity contribution in [1.82, 2.24) is 5.32 Å². The molecular weight excluding hydrogens is 354 g/mol. The highest BCUT2D eigenvalue weighted by molar-refractivity contribution is 5.68. The Morgan fingerprint density at radius 2 is 1.70 bits per heavy atom. The lowest BCUT2D eigenvalue weighted by Gasteiger charge is -2.48. The van der Waals surface area contributed by atoms with Crippen LogP contribution in [0.5, 0.6) is 0 Å². The van der Waals surface area contributed by atoms with Gasteiger partial charge in [0.2, 0.25) is 0 Å². The summed E-state index contributed by atoms with van der Waals surface area (Å²) in [5.41, 5.74) is 2.03. The van der Waals surface area contributed by atoms with E-state index in [0.29, 0.717) is 6.54 Å². The molecule has 2 aliphatic heterocycles. The summed E-state index contributed by atoms with van der Waals surface area (Å²) in [4.78, 5) is 34.6. The van der Waals surface area contributed by atoms with Gasteiger partial charge in [0.25, 0.3) is 0 Å². The summed E-state index contributed by atoms with van der Waals surface area (Å²) in [6.07, 6.45) is -2.88. The van der Waals surface area contributed by atoms with E-state index in [1.807, 2.05) is 24.3 Å². The molecule has 1 saturated heterocycles. The SMILES string of the molecule is CC(=O)OC[C@H]1O[C@@H]2c3ccccc3CN[C@@H]2[C@@H](OC(C)=O)[C@@H]1OC(C)=O. The van der Waals surface area contributed by atoms with Gasteiger partial charge in [-0.2, -0.15) is 0 Å². The molecular formula is C19H23NO7. The summed E-state index contributed by atoms with van der Waals surface area (Å²) in [7, 11) is 0. The number of carbonyl (C=O) groups is 3. The highest BCUT2D eigenvalue weighted by Crippen LogP contribution is 2.39. The standard InChI is InChI=1S/C19H23NO7/c1-10(21)24-9-15-18(25-11(2)22)19(26-12(3)23)16-17(27-15)14-7-5-4-6-13(14)8-20-16/h4-7,15-20H,8-9H2,1-3H3/t15-,16+,17-,18-,19-/m1/s1. The molecule has 1 aromatic rings. The molecule has 8 heteroatoms. The van der Waals surface area contributed by atoms with Crippen LogP contribution in [-0.2, 0) is 39.9 Å². The molecule has 1 fully saturated rings. The first-order valence-corrected chi connectivity index (χ1v) is 8.81. The molecule has 0 radical (unpaired) electrons. The van der Waals surface area contributed by atoms with Gasteiger partial charge in [0.05, 0.1) is 6.04 Å². The molecule has 0 bridgehead atoms. The number of hydrogen-bond donors (Lipinski definition) is 1. The first-order chi connectivity index (χ1) is 12.9. The minimum Gasteiger partial charge on any atom is -0.463 e. The van der Waals surface area contributed by atoms with Crippen LogP contribution in [0, 0.1) is 0 Å². The molecule has 2 heterocycles. The first kappa shape index (κ1) is 19.3. The maximum absolute atomic E-state index is 11.7. The highest BCUT2D eigenvalue weighted by atomic mass is 16.6.